The summed E-state index contributed by atoms with van der Waals surface area (Å²) in [6, 6.07) is 13.3. The molecule has 0 saturated heterocycles. The lowest BCUT2D eigenvalue weighted by Crippen LogP contribution is -2.12. The van der Waals surface area contributed by atoms with Gasteiger partial charge in [-0.3, -0.25) is 4.79 Å². The van der Waals surface area contributed by atoms with Gasteiger partial charge in [-0.2, -0.15) is 0 Å². The molecule has 4 aromatic rings. The van der Waals surface area contributed by atoms with Crippen molar-refractivity contribution in [3.8, 4) is 11.5 Å². The topological polar surface area (TPSA) is 84.7 Å². The van der Waals surface area contributed by atoms with Crippen LogP contribution in [0, 0.1) is 5.82 Å². The second kappa shape index (κ2) is 6.72. The van der Waals surface area contributed by atoms with Gasteiger partial charge in [-0.05, 0) is 31.2 Å². The van der Waals surface area contributed by atoms with Crippen molar-refractivity contribution in [2.45, 2.75) is 17.4 Å². The van der Waals surface area contributed by atoms with E-state index in [2.05, 4.69) is 20.2 Å². The smallest absolute Gasteiger partial charge is 0.277 e. The summed E-state index contributed by atoms with van der Waals surface area (Å²) in [5.41, 5.74) is 0.670. The Balaban J connectivity index is 1.60. The van der Waals surface area contributed by atoms with E-state index in [9.17, 15) is 9.18 Å². The number of fused-ring (bicyclic) bond motifs is 1. The summed E-state index contributed by atoms with van der Waals surface area (Å²) < 4.78 is 19.4. The number of benzene rings is 2. The molecule has 0 bridgehead atoms. The molecule has 0 radical (unpaired) electrons. The fraction of sp³-hybridized carbons (Fsp3) is 0.111. The Kier molecular flexibility index (Phi) is 4.26. The first kappa shape index (κ1) is 16.5. The molecule has 26 heavy (non-hydrogen) atoms. The Bertz CT molecular complexity index is 1140. The average Bonchev–Trinajstić information content (AvgIpc) is 3.10. The molecule has 1 N–H and O–H groups in total. The van der Waals surface area contributed by atoms with Crippen molar-refractivity contribution in [3.63, 3.8) is 0 Å². The second-order valence-electron chi connectivity index (χ2n) is 5.58. The molecule has 6 nitrogen and oxygen atoms in total. The lowest BCUT2D eigenvalue weighted by molar-refractivity contribution is 0.462. The van der Waals surface area contributed by atoms with Crippen LogP contribution in [0.5, 0.6) is 0 Å². The van der Waals surface area contributed by atoms with Crippen LogP contribution >= 0.6 is 11.8 Å². The molecule has 0 spiro atoms. The zero-order valence-corrected chi connectivity index (χ0v) is 14.5. The van der Waals surface area contributed by atoms with Crippen LogP contribution in [-0.4, -0.2) is 20.2 Å². The van der Waals surface area contributed by atoms with E-state index in [0.29, 0.717) is 16.7 Å². The Labute approximate surface area is 151 Å². The zero-order chi connectivity index (χ0) is 18.1. The van der Waals surface area contributed by atoms with Gasteiger partial charge >= 0.3 is 0 Å². The van der Waals surface area contributed by atoms with Crippen molar-refractivity contribution < 1.29 is 8.81 Å². The highest BCUT2D eigenvalue weighted by atomic mass is 32.2. The fourth-order valence-electron chi connectivity index (χ4n) is 2.50. The number of aromatic nitrogens is 4. The Morgan fingerprint density at radius 3 is 2.73 bits per heavy atom. The molecule has 1 atom stereocenters. The van der Waals surface area contributed by atoms with Crippen LogP contribution in [0.2, 0.25) is 0 Å². The van der Waals surface area contributed by atoms with Gasteiger partial charge < -0.3 is 9.40 Å². The SMILES string of the molecule is C[C@H](Sc1nnc(-c2ccccc2F)o1)c1nc2ccccc2c(=O)[nH]1. The summed E-state index contributed by atoms with van der Waals surface area (Å²) in [5.74, 6) is 0.184. The maximum absolute atomic E-state index is 13.8. The van der Waals surface area contributed by atoms with Gasteiger partial charge in [-0.15, -0.1) is 10.2 Å². The van der Waals surface area contributed by atoms with Gasteiger partial charge in [0.2, 0.25) is 0 Å². The van der Waals surface area contributed by atoms with Crippen LogP contribution < -0.4 is 5.56 Å². The van der Waals surface area contributed by atoms with Crippen molar-refractivity contribution in [1.29, 1.82) is 0 Å². The molecule has 2 aromatic carbocycles. The van der Waals surface area contributed by atoms with Crippen molar-refractivity contribution in [2.75, 3.05) is 0 Å². The molecule has 0 unspecified atom stereocenters. The number of hydrogen-bond acceptors (Lipinski definition) is 6. The average molecular weight is 368 g/mol. The van der Waals surface area contributed by atoms with Crippen LogP contribution in [0.4, 0.5) is 4.39 Å². The summed E-state index contributed by atoms with van der Waals surface area (Å²) in [6.45, 7) is 1.87. The molecule has 0 amide bonds. The molecule has 130 valence electrons. The maximum atomic E-state index is 13.8. The lowest BCUT2D eigenvalue weighted by atomic mass is 10.2. The third-order valence-electron chi connectivity index (χ3n) is 3.80. The number of halogens is 1. The fourth-order valence-corrected chi connectivity index (χ4v) is 3.25. The van der Waals surface area contributed by atoms with Gasteiger partial charge in [0.25, 0.3) is 16.7 Å². The Morgan fingerprint density at radius 1 is 1.12 bits per heavy atom. The minimum absolute atomic E-state index is 0.109. The number of para-hydroxylation sites is 1. The van der Waals surface area contributed by atoms with E-state index in [1.165, 1.54) is 17.8 Å². The van der Waals surface area contributed by atoms with Gasteiger partial charge in [0, 0.05) is 0 Å². The van der Waals surface area contributed by atoms with E-state index in [-0.39, 0.29) is 27.5 Å². The van der Waals surface area contributed by atoms with Gasteiger partial charge in [-0.1, -0.05) is 36.0 Å². The molecular weight excluding hydrogens is 355 g/mol. The molecule has 0 saturated carbocycles. The van der Waals surface area contributed by atoms with Gasteiger partial charge in [0.05, 0.1) is 21.7 Å². The standard InChI is InChI=1S/C18H13FN4O2S/c1-10(15-20-14-9-5-3-7-12(14)16(24)21-15)26-18-23-22-17(25-18)11-6-2-4-8-13(11)19/h2-10H,1H3,(H,20,21,24)/t10-/m0/s1. The molecule has 0 aliphatic carbocycles. The van der Waals surface area contributed by atoms with E-state index in [4.69, 9.17) is 4.42 Å². The minimum Gasteiger partial charge on any atom is -0.411 e. The summed E-state index contributed by atoms with van der Waals surface area (Å²) in [6.07, 6.45) is 0. The van der Waals surface area contributed by atoms with E-state index in [1.54, 1.807) is 36.4 Å². The normalized spacial score (nSPS) is 12.4. The Morgan fingerprint density at radius 2 is 1.88 bits per heavy atom. The van der Waals surface area contributed by atoms with E-state index in [1.807, 2.05) is 13.0 Å². The maximum Gasteiger partial charge on any atom is 0.277 e. The van der Waals surface area contributed by atoms with E-state index in [0.717, 1.165) is 0 Å². The molecular formula is C18H13FN4O2S. The highest BCUT2D eigenvalue weighted by Crippen LogP contribution is 2.34. The number of thioether (sulfide) groups is 1. The molecule has 2 aromatic heterocycles. The first-order valence-corrected chi connectivity index (χ1v) is 8.74. The summed E-state index contributed by atoms with van der Waals surface area (Å²) in [5, 5.41) is 8.41. The third-order valence-corrected chi connectivity index (χ3v) is 4.75. The minimum atomic E-state index is -0.429. The zero-order valence-electron chi connectivity index (χ0n) is 13.6. The molecule has 0 fully saturated rings. The quantitative estimate of drug-likeness (QED) is 0.549. The van der Waals surface area contributed by atoms with Gasteiger partial charge in [0.1, 0.15) is 11.6 Å². The van der Waals surface area contributed by atoms with Crippen LogP contribution in [0.1, 0.15) is 18.0 Å². The number of nitrogens with zero attached hydrogens (tertiary/aromatic N) is 3. The second-order valence-corrected chi connectivity index (χ2v) is 6.87. The summed E-state index contributed by atoms with van der Waals surface area (Å²) >= 11 is 1.24. The highest BCUT2D eigenvalue weighted by molar-refractivity contribution is 7.99. The monoisotopic (exact) mass is 368 g/mol. The number of hydrogen-bond donors (Lipinski definition) is 1. The molecule has 2 heterocycles. The summed E-state index contributed by atoms with van der Waals surface area (Å²) in [7, 11) is 0. The number of nitrogens with one attached hydrogen (secondary N) is 1. The van der Waals surface area contributed by atoms with Crippen molar-refractivity contribution in [3.05, 3.63) is 70.5 Å². The van der Waals surface area contributed by atoms with E-state index >= 15 is 0 Å². The first-order chi connectivity index (χ1) is 12.6. The number of aromatic amines is 1. The van der Waals surface area contributed by atoms with Gasteiger partial charge in [-0.25, -0.2) is 9.37 Å². The molecule has 0 aliphatic rings. The van der Waals surface area contributed by atoms with Crippen molar-refractivity contribution in [2.24, 2.45) is 0 Å². The van der Waals surface area contributed by atoms with Crippen LogP contribution in [0.15, 0.2) is 63.0 Å². The largest absolute Gasteiger partial charge is 0.411 e. The number of rotatable bonds is 4. The van der Waals surface area contributed by atoms with Crippen LogP contribution in [0.25, 0.3) is 22.4 Å². The van der Waals surface area contributed by atoms with Crippen molar-refractivity contribution >= 4 is 22.7 Å². The first-order valence-electron chi connectivity index (χ1n) is 7.86. The summed E-state index contributed by atoms with van der Waals surface area (Å²) in [4.78, 5) is 19.5. The molecule has 4 rings (SSSR count). The molecule has 0 aliphatic heterocycles. The van der Waals surface area contributed by atoms with Gasteiger partial charge in [0.15, 0.2) is 0 Å². The Hall–Kier alpha value is -3.00. The third kappa shape index (κ3) is 3.11. The van der Waals surface area contributed by atoms with Crippen LogP contribution in [0.3, 0.4) is 0 Å². The lowest BCUT2D eigenvalue weighted by Gasteiger charge is -2.08. The van der Waals surface area contributed by atoms with Crippen molar-refractivity contribution in [1.82, 2.24) is 20.2 Å². The van der Waals surface area contributed by atoms with Crippen LogP contribution in [-0.2, 0) is 0 Å². The molecule has 8 heteroatoms. The predicted octanol–water partition coefficient (Wildman–Crippen LogP) is 3.97. The van der Waals surface area contributed by atoms with E-state index < -0.39 is 5.82 Å². The highest BCUT2D eigenvalue weighted by Gasteiger charge is 2.18. The number of H-pyrrole nitrogens is 1. The predicted molar refractivity (Wildman–Crippen MR) is 96.3 cm³/mol.